The summed E-state index contributed by atoms with van der Waals surface area (Å²) in [5.41, 5.74) is 2.37. The van der Waals surface area contributed by atoms with Gasteiger partial charge in [0, 0.05) is 24.2 Å². The first-order valence-corrected chi connectivity index (χ1v) is 6.20. The van der Waals surface area contributed by atoms with E-state index in [9.17, 15) is 4.79 Å². The summed E-state index contributed by atoms with van der Waals surface area (Å²) in [7, 11) is 1.88. The molecule has 0 bridgehead atoms. The van der Waals surface area contributed by atoms with Gasteiger partial charge < -0.3 is 10.2 Å². The van der Waals surface area contributed by atoms with E-state index < -0.39 is 0 Å². The predicted molar refractivity (Wildman–Crippen MR) is 77.4 cm³/mol. The van der Waals surface area contributed by atoms with E-state index in [1.54, 1.807) is 0 Å². The summed E-state index contributed by atoms with van der Waals surface area (Å²) in [6.07, 6.45) is 0.966. The Bertz CT molecular complexity index is 422. The minimum atomic E-state index is 0. The molecule has 2 unspecified atom stereocenters. The lowest BCUT2D eigenvalue weighted by molar-refractivity contribution is -0.122. The molecule has 0 aromatic heterocycles. The van der Waals surface area contributed by atoms with Crippen molar-refractivity contribution in [1.82, 2.24) is 5.32 Å². The van der Waals surface area contributed by atoms with Crippen molar-refractivity contribution in [1.29, 1.82) is 0 Å². The Labute approximate surface area is 115 Å². The smallest absolute Gasteiger partial charge is 0.231 e. The van der Waals surface area contributed by atoms with Crippen molar-refractivity contribution < 1.29 is 4.79 Å². The van der Waals surface area contributed by atoms with Crippen LogP contribution in [0.2, 0.25) is 0 Å². The molecule has 0 saturated carbocycles. The average molecular weight is 269 g/mol. The second-order valence-electron chi connectivity index (χ2n) is 4.85. The SMILES string of the molecule is CNCC(C)C(=O)N1c2ccccc2CC1C.Cl. The number of nitrogens with zero attached hydrogens (tertiary/aromatic N) is 1. The molecule has 100 valence electrons. The average Bonchev–Trinajstić information content (AvgIpc) is 2.64. The fourth-order valence-electron chi connectivity index (χ4n) is 2.53. The maximum atomic E-state index is 12.4. The monoisotopic (exact) mass is 268 g/mol. The topological polar surface area (TPSA) is 32.3 Å². The number of anilines is 1. The Morgan fingerprint density at radius 3 is 2.83 bits per heavy atom. The largest absolute Gasteiger partial charge is 0.319 e. The number of benzene rings is 1. The zero-order valence-electron chi connectivity index (χ0n) is 11.1. The highest BCUT2D eigenvalue weighted by Gasteiger charge is 2.32. The van der Waals surface area contributed by atoms with E-state index in [0.29, 0.717) is 0 Å². The molecule has 3 nitrogen and oxygen atoms in total. The van der Waals surface area contributed by atoms with E-state index in [1.807, 2.05) is 37.1 Å². The zero-order valence-corrected chi connectivity index (χ0v) is 12.0. The number of carbonyl (C=O) groups excluding carboxylic acids is 1. The third-order valence-corrected chi connectivity index (χ3v) is 3.38. The summed E-state index contributed by atoms with van der Waals surface area (Å²) in [5, 5.41) is 3.06. The van der Waals surface area contributed by atoms with Gasteiger partial charge >= 0.3 is 0 Å². The van der Waals surface area contributed by atoms with E-state index in [1.165, 1.54) is 5.56 Å². The minimum Gasteiger partial charge on any atom is -0.319 e. The molecule has 1 heterocycles. The molecule has 1 aliphatic rings. The molecule has 18 heavy (non-hydrogen) atoms. The quantitative estimate of drug-likeness (QED) is 0.912. The number of carbonyl (C=O) groups is 1. The molecule has 2 atom stereocenters. The van der Waals surface area contributed by atoms with Crippen LogP contribution in [0.25, 0.3) is 0 Å². The van der Waals surface area contributed by atoms with E-state index in [4.69, 9.17) is 0 Å². The molecule has 1 aliphatic heterocycles. The summed E-state index contributed by atoms with van der Waals surface area (Å²) in [4.78, 5) is 14.4. The summed E-state index contributed by atoms with van der Waals surface area (Å²) >= 11 is 0. The molecular weight excluding hydrogens is 248 g/mol. The molecule has 0 fully saturated rings. The second-order valence-corrected chi connectivity index (χ2v) is 4.85. The number of halogens is 1. The van der Waals surface area contributed by atoms with Gasteiger partial charge in [-0.05, 0) is 32.0 Å². The Hall–Kier alpha value is -1.06. The van der Waals surface area contributed by atoms with Gasteiger partial charge in [-0.1, -0.05) is 25.1 Å². The Balaban J connectivity index is 0.00000162. The van der Waals surface area contributed by atoms with Crippen LogP contribution in [0.1, 0.15) is 19.4 Å². The molecule has 1 aromatic carbocycles. The van der Waals surface area contributed by atoms with Crippen LogP contribution in [0.3, 0.4) is 0 Å². The number of hydrogen-bond acceptors (Lipinski definition) is 2. The van der Waals surface area contributed by atoms with Crippen LogP contribution < -0.4 is 10.2 Å². The summed E-state index contributed by atoms with van der Waals surface area (Å²) < 4.78 is 0. The van der Waals surface area contributed by atoms with Crippen LogP contribution in [-0.4, -0.2) is 25.5 Å². The first-order chi connectivity index (χ1) is 8.15. The number of nitrogens with one attached hydrogen (secondary N) is 1. The minimum absolute atomic E-state index is 0. The van der Waals surface area contributed by atoms with E-state index in [-0.39, 0.29) is 30.3 Å². The lowest BCUT2D eigenvalue weighted by atomic mass is 10.1. The van der Waals surface area contributed by atoms with Crippen molar-refractivity contribution >= 4 is 24.0 Å². The number of amides is 1. The first-order valence-electron chi connectivity index (χ1n) is 6.20. The highest BCUT2D eigenvalue weighted by Crippen LogP contribution is 2.32. The summed E-state index contributed by atoms with van der Waals surface area (Å²) in [6, 6.07) is 8.47. The van der Waals surface area contributed by atoms with Crippen LogP contribution in [0.15, 0.2) is 24.3 Å². The van der Waals surface area contributed by atoms with E-state index >= 15 is 0 Å². The van der Waals surface area contributed by atoms with E-state index in [2.05, 4.69) is 18.3 Å². The van der Waals surface area contributed by atoms with Crippen LogP contribution in [0.5, 0.6) is 0 Å². The molecule has 0 spiro atoms. The second kappa shape index (κ2) is 6.21. The predicted octanol–water partition coefficient (Wildman–Crippen LogP) is 2.24. The summed E-state index contributed by atoms with van der Waals surface area (Å²) in [5.74, 6) is 0.241. The maximum absolute atomic E-state index is 12.4. The van der Waals surface area contributed by atoms with Gasteiger partial charge in [-0.2, -0.15) is 0 Å². The van der Waals surface area contributed by atoms with Gasteiger partial charge in [0.15, 0.2) is 0 Å². The van der Waals surface area contributed by atoms with Crippen LogP contribution >= 0.6 is 12.4 Å². The van der Waals surface area contributed by atoms with Crippen molar-refractivity contribution in [2.75, 3.05) is 18.5 Å². The standard InChI is InChI=1S/C14H20N2O.ClH/c1-10(9-15-3)14(17)16-11(2)8-12-6-4-5-7-13(12)16;/h4-7,10-11,15H,8-9H2,1-3H3;1H. The van der Waals surface area contributed by atoms with Crippen molar-refractivity contribution in [2.45, 2.75) is 26.3 Å². The van der Waals surface area contributed by atoms with Gasteiger partial charge in [0.1, 0.15) is 0 Å². The molecule has 0 aliphatic carbocycles. The van der Waals surface area contributed by atoms with Crippen molar-refractivity contribution in [3.05, 3.63) is 29.8 Å². The van der Waals surface area contributed by atoms with Gasteiger partial charge in [0.05, 0.1) is 0 Å². The molecule has 0 radical (unpaired) electrons. The highest BCUT2D eigenvalue weighted by atomic mass is 35.5. The number of fused-ring (bicyclic) bond motifs is 1. The van der Waals surface area contributed by atoms with Crippen molar-refractivity contribution in [3.8, 4) is 0 Å². The van der Waals surface area contributed by atoms with Gasteiger partial charge in [0.2, 0.25) is 5.91 Å². The van der Waals surface area contributed by atoms with Crippen molar-refractivity contribution in [3.63, 3.8) is 0 Å². The lowest BCUT2D eigenvalue weighted by Crippen LogP contribution is -2.41. The van der Waals surface area contributed by atoms with Crippen LogP contribution in [-0.2, 0) is 11.2 Å². The highest BCUT2D eigenvalue weighted by molar-refractivity contribution is 5.97. The Morgan fingerprint density at radius 2 is 2.17 bits per heavy atom. The van der Waals surface area contributed by atoms with Gasteiger partial charge in [-0.15, -0.1) is 12.4 Å². The lowest BCUT2D eigenvalue weighted by Gasteiger charge is -2.26. The Morgan fingerprint density at radius 1 is 1.50 bits per heavy atom. The fraction of sp³-hybridized carbons (Fsp3) is 0.500. The number of para-hydroxylation sites is 1. The zero-order chi connectivity index (χ0) is 12.4. The molecule has 1 amide bonds. The molecule has 1 N–H and O–H groups in total. The van der Waals surface area contributed by atoms with Crippen molar-refractivity contribution in [2.24, 2.45) is 5.92 Å². The maximum Gasteiger partial charge on any atom is 0.231 e. The third kappa shape index (κ3) is 2.68. The first kappa shape index (κ1) is 15.0. The van der Waals surface area contributed by atoms with Gasteiger partial charge in [0.25, 0.3) is 0 Å². The van der Waals surface area contributed by atoms with Crippen LogP contribution in [0, 0.1) is 5.92 Å². The van der Waals surface area contributed by atoms with Crippen LogP contribution in [0.4, 0.5) is 5.69 Å². The third-order valence-electron chi connectivity index (χ3n) is 3.38. The fourth-order valence-corrected chi connectivity index (χ4v) is 2.53. The Kier molecular flexibility index (Phi) is 5.17. The molecule has 2 rings (SSSR count). The molecular formula is C14H21ClN2O. The molecule has 1 aromatic rings. The number of hydrogen-bond donors (Lipinski definition) is 1. The molecule has 0 saturated heterocycles. The van der Waals surface area contributed by atoms with Gasteiger partial charge in [-0.3, -0.25) is 4.79 Å². The summed E-state index contributed by atoms with van der Waals surface area (Å²) in [6.45, 7) is 4.82. The number of rotatable bonds is 3. The van der Waals surface area contributed by atoms with E-state index in [0.717, 1.165) is 18.7 Å². The normalized spacial score (nSPS) is 19.1. The van der Waals surface area contributed by atoms with Gasteiger partial charge in [-0.25, -0.2) is 0 Å². The molecule has 4 heteroatoms.